The third-order valence-electron chi connectivity index (χ3n) is 1.39. The van der Waals surface area contributed by atoms with Crippen LogP contribution >= 0.6 is 11.8 Å². The first-order valence-electron chi connectivity index (χ1n) is 3.12. The average molecular weight is 151 g/mol. The van der Waals surface area contributed by atoms with Gasteiger partial charge in [-0.2, -0.15) is 0 Å². The van der Waals surface area contributed by atoms with E-state index in [9.17, 15) is 0 Å². The van der Waals surface area contributed by atoms with Gasteiger partial charge in [-0.05, 0) is 5.41 Å². The number of allylic oxidation sites excluding steroid dienone is 1. The molecule has 0 unspecified atom stereocenters. The van der Waals surface area contributed by atoms with Crippen LogP contribution in [0.4, 0.5) is 0 Å². The van der Waals surface area contributed by atoms with E-state index in [1.807, 2.05) is 17.1 Å². The molecule has 1 aromatic heterocycles. The molecule has 0 saturated carbocycles. The Morgan fingerprint density at radius 3 is 3.20 bits per heavy atom. The zero-order valence-electron chi connectivity index (χ0n) is 5.40. The molecule has 0 saturated heterocycles. The van der Waals surface area contributed by atoms with Crippen molar-refractivity contribution in [3.05, 3.63) is 35.6 Å². The predicted molar refractivity (Wildman–Crippen MR) is 42.2 cm³/mol. The van der Waals surface area contributed by atoms with E-state index in [0.29, 0.717) is 0 Å². The molecule has 0 bridgehead atoms. The molecule has 1 radical (unpaired) electrons. The van der Waals surface area contributed by atoms with Crippen molar-refractivity contribution < 1.29 is 0 Å². The minimum Gasteiger partial charge on any atom is -0.318 e. The van der Waals surface area contributed by atoms with Crippen molar-refractivity contribution in [1.29, 1.82) is 0 Å². The zero-order valence-corrected chi connectivity index (χ0v) is 6.21. The third kappa shape index (κ3) is 0.968. The number of rotatable bonds is 1. The first kappa shape index (κ1) is 6.04. The number of aromatic nitrogens is 2. The first-order chi connectivity index (χ1) is 4.97. The highest BCUT2D eigenvalue weighted by Crippen LogP contribution is 2.31. The molecule has 0 spiro atoms. The van der Waals surface area contributed by atoms with Gasteiger partial charge in [-0.3, -0.25) is 0 Å². The molecular weight excluding hydrogens is 144 g/mol. The maximum atomic E-state index is 3.97. The summed E-state index contributed by atoms with van der Waals surface area (Å²) < 4.78 is 2.05. The van der Waals surface area contributed by atoms with E-state index in [1.165, 1.54) is 5.37 Å². The second-order valence-corrected chi connectivity index (χ2v) is 3.04. The van der Waals surface area contributed by atoms with Crippen molar-refractivity contribution in [3.63, 3.8) is 0 Å². The first-order valence-corrected chi connectivity index (χ1v) is 4.00. The van der Waals surface area contributed by atoms with Gasteiger partial charge in [0.2, 0.25) is 0 Å². The fraction of sp³-hybridized carbons (Fsp3) is 0.143. The van der Waals surface area contributed by atoms with Crippen molar-refractivity contribution in [3.8, 4) is 0 Å². The van der Waals surface area contributed by atoms with Crippen LogP contribution in [0.3, 0.4) is 0 Å². The van der Waals surface area contributed by atoms with E-state index in [4.69, 9.17) is 0 Å². The van der Waals surface area contributed by atoms with Gasteiger partial charge >= 0.3 is 0 Å². The van der Waals surface area contributed by atoms with Gasteiger partial charge in [-0.1, -0.05) is 6.08 Å². The van der Waals surface area contributed by atoms with Crippen LogP contribution in [0.25, 0.3) is 0 Å². The number of hydrogen-bond donors (Lipinski definition) is 0. The van der Waals surface area contributed by atoms with Crippen LogP contribution in [0, 0.1) is 5.37 Å². The molecule has 0 amide bonds. The van der Waals surface area contributed by atoms with E-state index >= 15 is 0 Å². The van der Waals surface area contributed by atoms with Crippen LogP contribution < -0.4 is 0 Å². The molecule has 2 rings (SSSR count). The van der Waals surface area contributed by atoms with Gasteiger partial charge in [0.05, 0.1) is 6.33 Å². The van der Waals surface area contributed by atoms with Gasteiger partial charge in [0.1, 0.15) is 5.37 Å². The Balaban J connectivity index is 2.14. The minimum absolute atomic E-state index is 1.04. The Bertz CT molecular complexity index is 220. The Hall–Kier alpha value is -0.700. The largest absolute Gasteiger partial charge is 0.318 e. The molecule has 2 nitrogen and oxygen atoms in total. The summed E-state index contributed by atoms with van der Waals surface area (Å²) in [4.78, 5) is 3.97. The lowest BCUT2D eigenvalue weighted by Crippen LogP contribution is -1.98. The molecule has 1 aliphatic heterocycles. The van der Waals surface area contributed by atoms with Crippen LogP contribution in [-0.2, 0) is 0 Å². The SMILES string of the molecule is C1=CS[C](n2ccnc2)C1. The van der Waals surface area contributed by atoms with Crippen molar-refractivity contribution in [2.75, 3.05) is 0 Å². The van der Waals surface area contributed by atoms with Crippen LogP contribution in [0.1, 0.15) is 6.42 Å². The molecule has 0 N–H and O–H groups in total. The molecule has 0 atom stereocenters. The van der Waals surface area contributed by atoms with Crippen molar-refractivity contribution in [2.24, 2.45) is 0 Å². The topological polar surface area (TPSA) is 17.8 Å². The van der Waals surface area contributed by atoms with E-state index < -0.39 is 0 Å². The van der Waals surface area contributed by atoms with Gasteiger partial charge < -0.3 is 4.57 Å². The average Bonchev–Trinajstić information content (AvgIpc) is 2.59. The summed E-state index contributed by atoms with van der Waals surface area (Å²) in [5.74, 6) is 0. The van der Waals surface area contributed by atoms with Crippen molar-refractivity contribution in [1.82, 2.24) is 9.55 Å². The van der Waals surface area contributed by atoms with E-state index in [-0.39, 0.29) is 0 Å². The Kier molecular flexibility index (Phi) is 1.51. The lowest BCUT2D eigenvalue weighted by Gasteiger charge is -2.06. The normalized spacial score (nSPS) is 18.4. The molecule has 0 fully saturated rings. The van der Waals surface area contributed by atoms with Crippen LogP contribution in [0.5, 0.6) is 0 Å². The van der Waals surface area contributed by atoms with Crippen LogP contribution in [0.15, 0.2) is 30.2 Å². The molecule has 51 valence electrons. The van der Waals surface area contributed by atoms with Gasteiger partial charge in [0, 0.05) is 18.8 Å². The molecule has 0 aliphatic carbocycles. The smallest absolute Gasteiger partial charge is 0.132 e. The highest BCUT2D eigenvalue weighted by atomic mass is 32.2. The Morgan fingerprint density at radius 1 is 1.60 bits per heavy atom. The lowest BCUT2D eigenvalue weighted by molar-refractivity contribution is 0.881. The maximum Gasteiger partial charge on any atom is 0.132 e. The second-order valence-electron chi connectivity index (χ2n) is 2.06. The van der Waals surface area contributed by atoms with Crippen LogP contribution in [0.2, 0.25) is 0 Å². The maximum absolute atomic E-state index is 3.97. The molecule has 10 heavy (non-hydrogen) atoms. The number of hydrogen-bond acceptors (Lipinski definition) is 2. The summed E-state index contributed by atoms with van der Waals surface area (Å²) in [6.07, 6.45) is 8.79. The third-order valence-corrected chi connectivity index (χ3v) is 2.36. The summed E-state index contributed by atoms with van der Waals surface area (Å²) in [5, 5.41) is 3.44. The van der Waals surface area contributed by atoms with Gasteiger partial charge in [-0.25, -0.2) is 4.98 Å². The standard InChI is InChI=1S/C7H7N2S/c1-2-7(10-5-1)9-4-3-8-6-9/h1,3-6H,2H2. The fourth-order valence-corrected chi connectivity index (χ4v) is 1.67. The van der Waals surface area contributed by atoms with Crippen molar-refractivity contribution >= 4 is 11.8 Å². The van der Waals surface area contributed by atoms with Gasteiger partial charge in [-0.15, -0.1) is 11.8 Å². The minimum atomic E-state index is 1.04. The highest BCUT2D eigenvalue weighted by molar-refractivity contribution is 8.05. The van der Waals surface area contributed by atoms with Gasteiger partial charge in [0.15, 0.2) is 0 Å². The molecule has 0 aromatic carbocycles. The lowest BCUT2D eigenvalue weighted by atomic mass is 10.4. The van der Waals surface area contributed by atoms with E-state index in [0.717, 1.165) is 6.42 Å². The summed E-state index contributed by atoms with van der Waals surface area (Å²) in [7, 11) is 0. The fourth-order valence-electron chi connectivity index (χ4n) is 0.897. The predicted octanol–water partition coefficient (Wildman–Crippen LogP) is 1.87. The number of thioether (sulfide) groups is 1. The molecule has 1 aromatic rings. The quantitative estimate of drug-likeness (QED) is 0.609. The Labute approximate surface area is 64.0 Å². The molecular formula is C7H7N2S. The second kappa shape index (κ2) is 2.50. The highest BCUT2D eigenvalue weighted by Gasteiger charge is 2.12. The number of imidazole rings is 1. The van der Waals surface area contributed by atoms with Crippen molar-refractivity contribution in [2.45, 2.75) is 6.42 Å². The zero-order chi connectivity index (χ0) is 6.81. The monoisotopic (exact) mass is 151 g/mol. The summed E-state index contributed by atoms with van der Waals surface area (Å²) in [5.41, 5.74) is 0. The Morgan fingerprint density at radius 2 is 2.60 bits per heavy atom. The van der Waals surface area contributed by atoms with E-state index in [2.05, 4.69) is 16.5 Å². The molecule has 2 heterocycles. The number of nitrogens with zero attached hydrogens (tertiary/aromatic N) is 2. The summed E-state index contributed by atoms with van der Waals surface area (Å²) in [6, 6.07) is 0. The molecule has 1 aliphatic rings. The van der Waals surface area contributed by atoms with Gasteiger partial charge in [0.25, 0.3) is 0 Å². The van der Waals surface area contributed by atoms with Crippen LogP contribution in [-0.4, -0.2) is 9.55 Å². The van der Waals surface area contributed by atoms with E-state index in [1.54, 1.807) is 18.0 Å². The summed E-state index contributed by atoms with van der Waals surface area (Å²) in [6.45, 7) is 0. The molecule has 3 heteroatoms. The summed E-state index contributed by atoms with van der Waals surface area (Å²) >= 11 is 1.76.